The van der Waals surface area contributed by atoms with Gasteiger partial charge in [0.2, 0.25) is 5.95 Å². The maximum atomic E-state index is 10.7. The number of ether oxygens (including phenoxy) is 1. The van der Waals surface area contributed by atoms with Gasteiger partial charge in [-0.3, -0.25) is 0 Å². The Labute approximate surface area is 183 Å². The zero-order chi connectivity index (χ0) is 21.1. The molecule has 0 atom stereocenters. The summed E-state index contributed by atoms with van der Waals surface area (Å²) in [6.45, 7) is 0.283. The molecule has 0 amide bonds. The van der Waals surface area contributed by atoms with Gasteiger partial charge in [0.05, 0.1) is 15.7 Å². The smallest absolute Gasteiger partial charge is 0.220 e. The molecule has 150 valence electrons. The molecule has 1 aromatic heterocycles. The Kier molecular flexibility index (Phi) is 5.74. The van der Waals surface area contributed by atoms with Crippen LogP contribution >= 0.6 is 23.2 Å². The molecule has 30 heavy (non-hydrogen) atoms. The zero-order valence-electron chi connectivity index (χ0n) is 15.7. The Morgan fingerprint density at radius 3 is 2.43 bits per heavy atom. The van der Waals surface area contributed by atoms with E-state index in [4.69, 9.17) is 33.7 Å². The summed E-state index contributed by atoms with van der Waals surface area (Å²) in [4.78, 5) is 8.47. The van der Waals surface area contributed by atoms with Crippen molar-refractivity contribution in [2.45, 2.75) is 6.61 Å². The van der Waals surface area contributed by atoms with E-state index in [0.717, 1.165) is 16.7 Å². The van der Waals surface area contributed by atoms with Gasteiger partial charge in [0.15, 0.2) is 0 Å². The van der Waals surface area contributed by atoms with Crippen LogP contribution in [0.25, 0.3) is 22.4 Å². The molecule has 3 N–H and O–H groups in total. The van der Waals surface area contributed by atoms with Gasteiger partial charge in [-0.2, -0.15) is 0 Å². The summed E-state index contributed by atoms with van der Waals surface area (Å²) < 4.78 is 5.78. The lowest BCUT2D eigenvalue weighted by molar-refractivity contribution is 0.304. The molecular weight excluding hydrogens is 421 g/mol. The number of anilines is 1. The van der Waals surface area contributed by atoms with Gasteiger partial charge in [-0.15, -0.1) is 0 Å². The van der Waals surface area contributed by atoms with E-state index in [2.05, 4.69) is 9.97 Å². The van der Waals surface area contributed by atoms with Crippen LogP contribution in [0.3, 0.4) is 0 Å². The molecule has 0 aliphatic heterocycles. The highest BCUT2D eigenvalue weighted by molar-refractivity contribution is 6.42. The van der Waals surface area contributed by atoms with Crippen molar-refractivity contribution in [3.63, 3.8) is 0 Å². The van der Waals surface area contributed by atoms with Crippen molar-refractivity contribution in [3.8, 4) is 33.9 Å². The van der Waals surface area contributed by atoms with Gasteiger partial charge in [-0.1, -0.05) is 59.6 Å². The van der Waals surface area contributed by atoms with Crippen LogP contribution in [0.15, 0.2) is 72.9 Å². The molecule has 0 saturated carbocycles. The van der Waals surface area contributed by atoms with E-state index in [1.807, 2.05) is 36.4 Å². The summed E-state index contributed by atoms with van der Waals surface area (Å²) in [6.07, 6.45) is 1.65. The highest BCUT2D eigenvalue weighted by Crippen LogP contribution is 2.37. The van der Waals surface area contributed by atoms with Crippen LogP contribution in [-0.4, -0.2) is 15.1 Å². The van der Waals surface area contributed by atoms with Crippen LogP contribution < -0.4 is 10.5 Å². The summed E-state index contributed by atoms with van der Waals surface area (Å²) in [5.74, 6) is 0.659. The molecule has 0 radical (unpaired) electrons. The Morgan fingerprint density at radius 1 is 0.900 bits per heavy atom. The third-order valence-corrected chi connectivity index (χ3v) is 5.25. The molecule has 5 nitrogen and oxygen atoms in total. The van der Waals surface area contributed by atoms with Gasteiger partial charge in [0.25, 0.3) is 0 Å². The van der Waals surface area contributed by atoms with Gasteiger partial charge in [-0.25, -0.2) is 9.97 Å². The van der Waals surface area contributed by atoms with Crippen LogP contribution in [0.1, 0.15) is 5.56 Å². The number of nitrogens with two attached hydrogens (primary N) is 1. The predicted molar refractivity (Wildman–Crippen MR) is 120 cm³/mol. The first-order valence-electron chi connectivity index (χ1n) is 9.09. The molecule has 1 heterocycles. The molecule has 0 saturated heterocycles. The Bertz CT molecular complexity index is 1200. The summed E-state index contributed by atoms with van der Waals surface area (Å²) in [6, 6.07) is 20.0. The van der Waals surface area contributed by atoms with E-state index >= 15 is 0 Å². The summed E-state index contributed by atoms with van der Waals surface area (Å²) >= 11 is 12.0. The minimum Gasteiger partial charge on any atom is -0.507 e. The second-order valence-corrected chi connectivity index (χ2v) is 7.39. The lowest BCUT2D eigenvalue weighted by Gasteiger charge is -2.13. The van der Waals surface area contributed by atoms with Crippen molar-refractivity contribution >= 4 is 29.2 Å². The third kappa shape index (κ3) is 4.32. The van der Waals surface area contributed by atoms with E-state index < -0.39 is 0 Å². The number of aromatic nitrogens is 2. The Hall–Kier alpha value is -3.28. The Balaban J connectivity index is 1.62. The topological polar surface area (TPSA) is 81.3 Å². The Morgan fingerprint density at radius 2 is 1.70 bits per heavy atom. The zero-order valence-corrected chi connectivity index (χ0v) is 17.2. The molecule has 4 rings (SSSR count). The molecule has 0 aliphatic rings. The minimum atomic E-state index is 0.0249. The van der Waals surface area contributed by atoms with Crippen LogP contribution in [-0.2, 0) is 6.61 Å². The molecule has 0 bridgehead atoms. The van der Waals surface area contributed by atoms with E-state index in [9.17, 15) is 5.11 Å². The van der Waals surface area contributed by atoms with Gasteiger partial charge >= 0.3 is 0 Å². The first-order chi connectivity index (χ1) is 14.5. The van der Waals surface area contributed by atoms with Crippen LogP contribution in [0.2, 0.25) is 10.0 Å². The molecule has 0 unspecified atom stereocenters. The standard InChI is InChI=1S/C23H17Cl2N3O2/c24-19-9-6-14(10-20(19)25)13-30-16-7-8-17(21(29)11-16)22-18(12-27-23(26)28-22)15-4-2-1-3-5-15/h1-12,29H,13H2,(H2,26,27,28). The molecular formula is C23H17Cl2N3O2. The van der Waals surface area contributed by atoms with Crippen molar-refractivity contribution in [1.82, 2.24) is 9.97 Å². The first-order valence-corrected chi connectivity index (χ1v) is 9.85. The van der Waals surface area contributed by atoms with Crippen molar-refractivity contribution < 1.29 is 9.84 Å². The van der Waals surface area contributed by atoms with Crippen LogP contribution in [0.4, 0.5) is 5.95 Å². The fourth-order valence-electron chi connectivity index (χ4n) is 3.03. The lowest BCUT2D eigenvalue weighted by Crippen LogP contribution is -1.99. The number of phenols is 1. The molecule has 3 aromatic carbocycles. The van der Waals surface area contributed by atoms with E-state index in [1.165, 1.54) is 0 Å². The molecule has 0 spiro atoms. The summed E-state index contributed by atoms with van der Waals surface area (Å²) in [5.41, 5.74) is 9.44. The van der Waals surface area contributed by atoms with E-state index in [1.54, 1.807) is 36.5 Å². The average Bonchev–Trinajstić information content (AvgIpc) is 2.75. The van der Waals surface area contributed by atoms with Crippen LogP contribution in [0.5, 0.6) is 11.5 Å². The predicted octanol–water partition coefficient (Wildman–Crippen LogP) is 5.98. The fourth-order valence-corrected chi connectivity index (χ4v) is 3.35. The third-order valence-electron chi connectivity index (χ3n) is 4.51. The molecule has 0 aliphatic carbocycles. The number of nitrogen functional groups attached to an aromatic ring is 1. The summed E-state index contributed by atoms with van der Waals surface area (Å²) in [5, 5.41) is 11.6. The number of aromatic hydroxyl groups is 1. The summed E-state index contributed by atoms with van der Waals surface area (Å²) in [7, 11) is 0. The first kappa shape index (κ1) is 20.0. The van der Waals surface area contributed by atoms with Gasteiger partial charge in [0, 0.05) is 23.4 Å². The highest BCUT2D eigenvalue weighted by atomic mass is 35.5. The van der Waals surface area contributed by atoms with Crippen molar-refractivity contribution in [2.75, 3.05) is 5.73 Å². The number of phenolic OH excluding ortho intramolecular Hbond substituents is 1. The number of halogens is 2. The normalized spacial score (nSPS) is 10.7. The van der Waals surface area contributed by atoms with Crippen molar-refractivity contribution in [2.24, 2.45) is 0 Å². The van der Waals surface area contributed by atoms with E-state index in [-0.39, 0.29) is 18.3 Å². The van der Waals surface area contributed by atoms with E-state index in [0.29, 0.717) is 27.1 Å². The van der Waals surface area contributed by atoms with Crippen molar-refractivity contribution in [3.05, 3.63) is 88.5 Å². The van der Waals surface area contributed by atoms with Gasteiger partial charge in [-0.05, 0) is 35.4 Å². The highest BCUT2D eigenvalue weighted by Gasteiger charge is 2.15. The minimum absolute atomic E-state index is 0.0249. The number of hydrogen-bond acceptors (Lipinski definition) is 5. The molecule has 7 heteroatoms. The maximum Gasteiger partial charge on any atom is 0.220 e. The number of nitrogens with zero attached hydrogens (tertiary/aromatic N) is 2. The number of rotatable bonds is 5. The van der Waals surface area contributed by atoms with Gasteiger partial charge < -0.3 is 15.6 Å². The lowest BCUT2D eigenvalue weighted by atomic mass is 10.00. The SMILES string of the molecule is Nc1ncc(-c2ccccc2)c(-c2ccc(OCc3ccc(Cl)c(Cl)c3)cc2O)n1. The molecule has 4 aromatic rings. The monoisotopic (exact) mass is 437 g/mol. The second kappa shape index (κ2) is 8.61. The largest absolute Gasteiger partial charge is 0.507 e. The average molecular weight is 438 g/mol. The number of hydrogen-bond donors (Lipinski definition) is 2. The molecule has 0 fully saturated rings. The number of benzene rings is 3. The second-order valence-electron chi connectivity index (χ2n) is 6.57. The quantitative estimate of drug-likeness (QED) is 0.400. The van der Waals surface area contributed by atoms with Crippen LogP contribution in [0, 0.1) is 0 Å². The fraction of sp³-hybridized carbons (Fsp3) is 0.0435. The van der Waals surface area contributed by atoms with Gasteiger partial charge in [0.1, 0.15) is 18.1 Å². The van der Waals surface area contributed by atoms with Crippen molar-refractivity contribution in [1.29, 1.82) is 0 Å². The maximum absolute atomic E-state index is 10.7.